The molecule has 1 N–H and O–H groups in total. The first-order valence-electron chi connectivity index (χ1n) is 6.55. The first kappa shape index (κ1) is 15.0. The van der Waals surface area contributed by atoms with Crippen molar-refractivity contribution >= 4 is 33.2 Å². The van der Waals surface area contributed by atoms with E-state index in [4.69, 9.17) is 4.74 Å². The number of morpholine rings is 1. The molecule has 2 rings (SSSR count). The Morgan fingerprint density at radius 2 is 2.21 bits per heavy atom. The van der Waals surface area contributed by atoms with Crippen molar-refractivity contribution in [3.05, 3.63) is 20.8 Å². The number of carbonyl (C=O) groups is 1. The van der Waals surface area contributed by atoms with Crippen LogP contribution in [0.15, 0.2) is 15.9 Å². The van der Waals surface area contributed by atoms with Crippen LogP contribution in [0, 0.1) is 0 Å². The van der Waals surface area contributed by atoms with Gasteiger partial charge in [0.2, 0.25) is 5.91 Å². The summed E-state index contributed by atoms with van der Waals surface area (Å²) in [4.78, 5) is 15.2. The van der Waals surface area contributed by atoms with Crippen LogP contribution in [0.2, 0.25) is 0 Å². The average molecular weight is 347 g/mol. The van der Waals surface area contributed by atoms with Crippen molar-refractivity contribution < 1.29 is 9.53 Å². The Labute approximate surface area is 126 Å². The fourth-order valence-corrected chi connectivity index (χ4v) is 3.50. The molecule has 1 saturated heterocycles. The molecule has 4 nitrogen and oxygen atoms in total. The average Bonchev–Trinajstić information content (AvgIpc) is 2.81. The number of ether oxygens (including phenoxy) is 1. The zero-order valence-corrected chi connectivity index (χ0v) is 13.3. The highest BCUT2D eigenvalue weighted by Crippen LogP contribution is 2.22. The summed E-state index contributed by atoms with van der Waals surface area (Å²) in [5.41, 5.74) is 0. The number of halogens is 1. The molecule has 1 aliphatic rings. The molecule has 0 aromatic carbocycles. The van der Waals surface area contributed by atoms with Gasteiger partial charge in [-0.3, -0.25) is 9.69 Å². The van der Waals surface area contributed by atoms with Crippen LogP contribution in [-0.4, -0.2) is 50.2 Å². The number of hydrogen-bond donors (Lipinski definition) is 1. The Kier molecular flexibility index (Phi) is 6.30. The van der Waals surface area contributed by atoms with Crippen LogP contribution in [0.3, 0.4) is 0 Å². The van der Waals surface area contributed by atoms with Gasteiger partial charge in [-0.15, -0.1) is 11.3 Å². The minimum Gasteiger partial charge on any atom is -0.379 e. The van der Waals surface area contributed by atoms with Gasteiger partial charge in [-0.05, 0) is 41.0 Å². The van der Waals surface area contributed by atoms with Crippen LogP contribution in [0.1, 0.15) is 11.3 Å². The molecule has 0 bridgehead atoms. The summed E-state index contributed by atoms with van der Waals surface area (Å²) in [7, 11) is 0. The lowest BCUT2D eigenvalue weighted by Gasteiger charge is -2.26. The molecule has 1 aliphatic heterocycles. The predicted octanol–water partition coefficient (Wildman–Crippen LogP) is 1.89. The van der Waals surface area contributed by atoms with Crippen molar-refractivity contribution in [1.29, 1.82) is 0 Å². The standard InChI is InChI=1S/C13H19BrN2O2S/c14-12-3-2-11(19-12)10-13(17)15-4-1-5-16-6-8-18-9-7-16/h2-3H,1,4-10H2,(H,15,17). The molecule has 0 spiro atoms. The van der Waals surface area contributed by atoms with Crippen molar-refractivity contribution in [3.8, 4) is 0 Å². The highest BCUT2D eigenvalue weighted by Gasteiger charge is 2.10. The summed E-state index contributed by atoms with van der Waals surface area (Å²) in [6, 6.07) is 3.97. The second kappa shape index (κ2) is 7.99. The maximum Gasteiger partial charge on any atom is 0.225 e. The number of hydrogen-bond acceptors (Lipinski definition) is 4. The van der Waals surface area contributed by atoms with Gasteiger partial charge in [-0.25, -0.2) is 0 Å². The van der Waals surface area contributed by atoms with Gasteiger partial charge in [0, 0.05) is 24.5 Å². The van der Waals surface area contributed by atoms with Crippen LogP contribution in [-0.2, 0) is 16.0 Å². The molecule has 0 unspecified atom stereocenters. The van der Waals surface area contributed by atoms with E-state index in [1.165, 1.54) is 0 Å². The SMILES string of the molecule is O=C(Cc1ccc(Br)s1)NCCCN1CCOCC1. The number of rotatable bonds is 6. The molecule has 19 heavy (non-hydrogen) atoms. The molecule has 106 valence electrons. The third-order valence-electron chi connectivity index (χ3n) is 3.04. The summed E-state index contributed by atoms with van der Waals surface area (Å²) in [5.74, 6) is 0.108. The Balaban J connectivity index is 1.56. The van der Waals surface area contributed by atoms with Crippen LogP contribution in [0.25, 0.3) is 0 Å². The van der Waals surface area contributed by atoms with Crippen molar-refractivity contribution in [3.63, 3.8) is 0 Å². The van der Waals surface area contributed by atoms with Crippen LogP contribution in [0.5, 0.6) is 0 Å². The second-order valence-electron chi connectivity index (χ2n) is 4.54. The molecule has 1 aromatic heterocycles. The summed E-state index contributed by atoms with van der Waals surface area (Å²) in [6.07, 6.45) is 1.48. The van der Waals surface area contributed by atoms with Crippen LogP contribution >= 0.6 is 27.3 Å². The van der Waals surface area contributed by atoms with E-state index >= 15 is 0 Å². The lowest BCUT2D eigenvalue weighted by molar-refractivity contribution is -0.120. The molecule has 0 saturated carbocycles. The predicted molar refractivity (Wildman–Crippen MR) is 80.6 cm³/mol. The highest BCUT2D eigenvalue weighted by atomic mass is 79.9. The number of carbonyl (C=O) groups excluding carboxylic acids is 1. The molecular weight excluding hydrogens is 328 g/mol. The fraction of sp³-hybridized carbons (Fsp3) is 0.615. The van der Waals surface area contributed by atoms with Crippen molar-refractivity contribution in [2.45, 2.75) is 12.8 Å². The quantitative estimate of drug-likeness (QED) is 0.799. The molecule has 2 heterocycles. The maximum atomic E-state index is 11.7. The monoisotopic (exact) mass is 346 g/mol. The van der Waals surface area contributed by atoms with E-state index in [1.807, 2.05) is 12.1 Å². The van der Waals surface area contributed by atoms with E-state index in [2.05, 4.69) is 26.1 Å². The molecule has 6 heteroatoms. The number of amides is 1. The fourth-order valence-electron chi connectivity index (χ4n) is 2.02. The first-order valence-corrected chi connectivity index (χ1v) is 8.16. The zero-order chi connectivity index (χ0) is 13.5. The maximum absolute atomic E-state index is 11.7. The van der Waals surface area contributed by atoms with E-state index in [0.717, 1.165) is 54.5 Å². The second-order valence-corrected chi connectivity index (χ2v) is 7.09. The Bertz CT molecular complexity index is 405. The third kappa shape index (κ3) is 5.60. The van der Waals surface area contributed by atoms with Crippen molar-refractivity contribution in [1.82, 2.24) is 10.2 Å². The number of thiophene rings is 1. The molecule has 0 atom stereocenters. The highest BCUT2D eigenvalue weighted by molar-refractivity contribution is 9.11. The lowest BCUT2D eigenvalue weighted by Crippen LogP contribution is -2.38. The number of nitrogens with one attached hydrogen (secondary N) is 1. The Morgan fingerprint density at radius 1 is 1.42 bits per heavy atom. The van der Waals surface area contributed by atoms with Crippen molar-refractivity contribution in [2.75, 3.05) is 39.4 Å². The van der Waals surface area contributed by atoms with Gasteiger partial charge in [-0.1, -0.05) is 0 Å². The molecule has 1 amide bonds. The van der Waals surface area contributed by atoms with Gasteiger partial charge in [0.25, 0.3) is 0 Å². The third-order valence-corrected chi connectivity index (χ3v) is 4.66. The molecular formula is C13H19BrN2O2S. The summed E-state index contributed by atoms with van der Waals surface area (Å²) in [5, 5.41) is 2.97. The normalized spacial score (nSPS) is 16.5. The smallest absolute Gasteiger partial charge is 0.225 e. The van der Waals surface area contributed by atoms with Gasteiger partial charge in [0.15, 0.2) is 0 Å². The number of nitrogens with zero attached hydrogens (tertiary/aromatic N) is 1. The minimum absolute atomic E-state index is 0.108. The van der Waals surface area contributed by atoms with Gasteiger partial charge in [-0.2, -0.15) is 0 Å². The van der Waals surface area contributed by atoms with Gasteiger partial charge in [0.05, 0.1) is 23.4 Å². The summed E-state index contributed by atoms with van der Waals surface area (Å²) < 4.78 is 6.37. The summed E-state index contributed by atoms with van der Waals surface area (Å²) in [6.45, 7) is 5.48. The van der Waals surface area contributed by atoms with E-state index in [9.17, 15) is 4.79 Å². The van der Waals surface area contributed by atoms with E-state index in [1.54, 1.807) is 11.3 Å². The largest absolute Gasteiger partial charge is 0.379 e. The molecule has 0 aliphatic carbocycles. The van der Waals surface area contributed by atoms with Gasteiger partial charge < -0.3 is 10.1 Å². The van der Waals surface area contributed by atoms with Gasteiger partial charge in [0.1, 0.15) is 0 Å². The van der Waals surface area contributed by atoms with E-state index in [-0.39, 0.29) is 5.91 Å². The molecule has 1 aromatic rings. The molecule has 1 fully saturated rings. The Morgan fingerprint density at radius 3 is 2.89 bits per heavy atom. The molecule has 0 radical (unpaired) electrons. The van der Waals surface area contributed by atoms with Gasteiger partial charge >= 0.3 is 0 Å². The lowest BCUT2D eigenvalue weighted by atomic mass is 10.3. The van der Waals surface area contributed by atoms with Crippen LogP contribution in [0.4, 0.5) is 0 Å². The zero-order valence-electron chi connectivity index (χ0n) is 10.9. The van der Waals surface area contributed by atoms with Crippen molar-refractivity contribution in [2.24, 2.45) is 0 Å². The Hall–Kier alpha value is -0.430. The minimum atomic E-state index is 0.108. The van der Waals surface area contributed by atoms with E-state index in [0.29, 0.717) is 6.42 Å². The van der Waals surface area contributed by atoms with Crippen LogP contribution < -0.4 is 5.32 Å². The summed E-state index contributed by atoms with van der Waals surface area (Å²) >= 11 is 5.01. The first-order chi connectivity index (χ1) is 9.24. The topological polar surface area (TPSA) is 41.6 Å². The van der Waals surface area contributed by atoms with E-state index < -0.39 is 0 Å².